The maximum atomic E-state index is 6.35. The van der Waals surface area contributed by atoms with Crippen LogP contribution in [0.2, 0.25) is 0 Å². The van der Waals surface area contributed by atoms with Crippen LogP contribution in [0.3, 0.4) is 0 Å². The molecule has 0 bridgehead atoms. The van der Waals surface area contributed by atoms with E-state index in [4.69, 9.17) is 17.2 Å². The van der Waals surface area contributed by atoms with E-state index in [1.54, 1.807) is 0 Å². The Kier molecular flexibility index (Phi) is 4.95. The molecule has 16 heavy (non-hydrogen) atoms. The summed E-state index contributed by atoms with van der Waals surface area (Å²) in [4.78, 5) is 2.06. The van der Waals surface area contributed by atoms with Crippen molar-refractivity contribution in [3.8, 4) is 0 Å². The van der Waals surface area contributed by atoms with Crippen molar-refractivity contribution in [2.45, 2.75) is 77.8 Å². The molecule has 0 aromatic rings. The highest BCUT2D eigenvalue weighted by molar-refractivity contribution is 4.97. The fraction of sp³-hybridized carbons (Fsp3) is 1.00. The van der Waals surface area contributed by atoms with Gasteiger partial charge in [0, 0.05) is 0 Å². The van der Waals surface area contributed by atoms with Crippen LogP contribution in [-0.4, -0.2) is 21.9 Å². The average molecular weight is 230 g/mol. The van der Waals surface area contributed by atoms with E-state index in [0.717, 1.165) is 19.3 Å². The van der Waals surface area contributed by atoms with Crippen molar-refractivity contribution in [3.63, 3.8) is 0 Å². The van der Waals surface area contributed by atoms with Gasteiger partial charge in [-0.05, 0) is 40.0 Å². The fourth-order valence-electron chi connectivity index (χ4n) is 2.22. The summed E-state index contributed by atoms with van der Waals surface area (Å²) in [6, 6.07) is 0. The van der Waals surface area contributed by atoms with Crippen molar-refractivity contribution in [2.75, 3.05) is 0 Å². The quantitative estimate of drug-likeness (QED) is 0.605. The summed E-state index contributed by atoms with van der Waals surface area (Å²) < 4.78 is 0. The molecule has 3 unspecified atom stereocenters. The average Bonchev–Trinajstić information content (AvgIpc) is 2.16. The predicted molar refractivity (Wildman–Crippen MR) is 70.5 cm³/mol. The lowest BCUT2D eigenvalue weighted by molar-refractivity contribution is -0.0873. The number of hydrogen-bond donors (Lipinski definition) is 3. The van der Waals surface area contributed by atoms with Crippen molar-refractivity contribution in [1.29, 1.82) is 0 Å². The number of nitrogens with zero attached hydrogens (tertiary/aromatic N) is 1. The molecule has 0 saturated heterocycles. The maximum absolute atomic E-state index is 6.35. The Balaban J connectivity index is 5.40. The van der Waals surface area contributed by atoms with Crippen LogP contribution >= 0.6 is 0 Å². The number of rotatable bonds is 6. The molecule has 0 radical (unpaired) electrons. The van der Waals surface area contributed by atoms with E-state index < -0.39 is 17.0 Å². The molecule has 0 spiro atoms. The molecule has 0 amide bonds. The van der Waals surface area contributed by atoms with Crippen LogP contribution in [0.1, 0.15) is 60.8 Å². The van der Waals surface area contributed by atoms with Gasteiger partial charge in [-0.15, -0.1) is 0 Å². The second kappa shape index (κ2) is 5.00. The van der Waals surface area contributed by atoms with Crippen molar-refractivity contribution >= 4 is 0 Å². The topological polar surface area (TPSA) is 81.3 Å². The zero-order valence-corrected chi connectivity index (χ0v) is 11.8. The zero-order chi connectivity index (χ0) is 13.2. The van der Waals surface area contributed by atoms with E-state index in [2.05, 4.69) is 25.7 Å². The summed E-state index contributed by atoms with van der Waals surface area (Å²) >= 11 is 0. The normalized spacial score (nSPS) is 23.6. The monoisotopic (exact) mass is 230 g/mol. The molecule has 0 heterocycles. The molecule has 0 saturated carbocycles. The first-order valence-corrected chi connectivity index (χ1v) is 6.22. The molecule has 6 N–H and O–H groups in total. The van der Waals surface area contributed by atoms with Crippen LogP contribution in [-0.2, 0) is 0 Å². The lowest BCUT2D eigenvalue weighted by Crippen LogP contribution is -2.75. The molecular formula is C12H30N4. The van der Waals surface area contributed by atoms with Gasteiger partial charge in [0.25, 0.3) is 0 Å². The smallest absolute Gasteiger partial charge is 0.0687 e. The van der Waals surface area contributed by atoms with E-state index in [1.807, 2.05) is 20.8 Å². The third-order valence-electron chi connectivity index (χ3n) is 3.68. The largest absolute Gasteiger partial charge is 0.313 e. The molecule has 0 aromatic heterocycles. The van der Waals surface area contributed by atoms with Crippen LogP contribution in [0, 0.1) is 0 Å². The molecule has 4 nitrogen and oxygen atoms in total. The van der Waals surface area contributed by atoms with Crippen molar-refractivity contribution < 1.29 is 0 Å². The second-order valence-electron chi connectivity index (χ2n) is 5.47. The molecule has 0 rings (SSSR count). The van der Waals surface area contributed by atoms with Crippen LogP contribution in [0.25, 0.3) is 0 Å². The van der Waals surface area contributed by atoms with E-state index in [0.29, 0.717) is 0 Å². The van der Waals surface area contributed by atoms with Gasteiger partial charge in [-0.2, -0.15) is 0 Å². The number of hydrogen-bond acceptors (Lipinski definition) is 4. The first kappa shape index (κ1) is 15.8. The fourth-order valence-corrected chi connectivity index (χ4v) is 2.22. The first-order chi connectivity index (χ1) is 7.05. The number of nitrogens with two attached hydrogens (primary N) is 3. The van der Waals surface area contributed by atoms with Crippen LogP contribution in [0.5, 0.6) is 0 Å². The van der Waals surface area contributed by atoms with Crippen molar-refractivity contribution in [1.82, 2.24) is 4.90 Å². The van der Waals surface area contributed by atoms with E-state index in [1.165, 1.54) is 0 Å². The van der Waals surface area contributed by atoms with E-state index in [-0.39, 0.29) is 0 Å². The molecule has 0 aromatic carbocycles. The van der Waals surface area contributed by atoms with Gasteiger partial charge in [0.2, 0.25) is 0 Å². The third-order valence-corrected chi connectivity index (χ3v) is 3.68. The highest BCUT2D eigenvalue weighted by atomic mass is 15.4. The Hall–Kier alpha value is -0.160. The Morgan fingerprint density at radius 1 is 0.688 bits per heavy atom. The maximum Gasteiger partial charge on any atom is 0.0687 e. The minimum atomic E-state index is -0.487. The van der Waals surface area contributed by atoms with E-state index >= 15 is 0 Å². The minimum absolute atomic E-state index is 0.487. The molecule has 4 heteroatoms. The lowest BCUT2D eigenvalue weighted by atomic mass is 9.93. The van der Waals surface area contributed by atoms with Gasteiger partial charge >= 0.3 is 0 Å². The van der Waals surface area contributed by atoms with Crippen molar-refractivity contribution in [3.05, 3.63) is 0 Å². The SMILES string of the molecule is CCC(C)(N)N(C(C)(N)CC)C(C)(N)CC. The summed E-state index contributed by atoms with van der Waals surface area (Å²) in [5.74, 6) is 0. The van der Waals surface area contributed by atoms with Crippen LogP contribution in [0.15, 0.2) is 0 Å². The van der Waals surface area contributed by atoms with Gasteiger partial charge < -0.3 is 17.2 Å². The summed E-state index contributed by atoms with van der Waals surface area (Å²) in [6.07, 6.45) is 2.44. The van der Waals surface area contributed by atoms with Crippen molar-refractivity contribution in [2.24, 2.45) is 17.2 Å². The Bertz CT molecular complexity index is 183. The standard InChI is InChI=1S/C12H30N4/c1-7-10(4,13)16(11(5,14)8-2)12(6,15)9-3/h7-9,13-15H2,1-6H3. The highest BCUT2D eigenvalue weighted by Gasteiger charge is 2.45. The van der Waals surface area contributed by atoms with Gasteiger partial charge in [0.05, 0.1) is 17.0 Å². The van der Waals surface area contributed by atoms with Gasteiger partial charge in [0.15, 0.2) is 0 Å². The molecular weight excluding hydrogens is 200 g/mol. The predicted octanol–water partition coefficient (Wildman–Crippen LogP) is 1.54. The highest BCUT2D eigenvalue weighted by Crippen LogP contribution is 2.31. The van der Waals surface area contributed by atoms with Gasteiger partial charge in [-0.1, -0.05) is 20.8 Å². The Labute approximate surface area is 101 Å². The van der Waals surface area contributed by atoms with Gasteiger partial charge in [0.1, 0.15) is 0 Å². The second-order valence-corrected chi connectivity index (χ2v) is 5.47. The van der Waals surface area contributed by atoms with E-state index in [9.17, 15) is 0 Å². The van der Waals surface area contributed by atoms with Gasteiger partial charge in [-0.25, -0.2) is 0 Å². The molecule has 0 aliphatic heterocycles. The molecule has 0 aliphatic rings. The summed E-state index contributed by atoms with van der Waals surface area (Å²) in [5, 5.41) is 0. The molecule has 0 fully saturated rings. The van der Waals surface area contributed by atoms with Crippen LogP contribution in [0.4, 0.5) is 0 Å². The molecule has 0 aliphatic carbocycles. The zero-order valence-electron chi connectivity index (χ0n) is 11.8. The van der Waals surface area contributed by atoms with Crippen LogP contribution < -0.4 is 17.2 Å². The summed E-state index contributed by atoms with van der Waals surface area (Å²) in [7, 11) is 0. The summed E-state index contributed by atoms with van der Waals surface area (Å²) in [5.41, 5.74) is 17.6. The first-order valence-electron chi connectivity index (χ1n) is 6.22. The lowest BCUT2D eigenvalue weighted by Gasteiger charge is -2.55. The third kappa shape index (κ3) is 3.17. The summed E-state index contributed by atoms with van der Waals surface area (Å²) in [6.45, 7) is 12.2. The molecule has 98 valence electrons. The van der Waals surface area contributed by atoms with Gasteiger partial charge in [-0.3, -0.25) is 4.90 Å². The molecule has 3 atom stereocenters. The Morgan fingerprint density at radius 2 is 0.875 bits per heavy atom. The Morgan fingerprint density at radius 3 is 1.00 bits per heavy atom. The minimum Gasteiger partial charge on any atom is -0.313 e.